The summed E-state index contributed by atoms with van der Waals surface area (Å²) < 4.78 is 6.01. The summed E-state index contributed by atoms with van der Waals surface area (Å²) in [6, 6.07) is 17.9. The normalized spacial score (nSPS) is 11.8. The Labute approximate surface area is 229 Å². The van der Waals surface area contributed by atoms with Crippen molar-refractivity contribution in [2.45, 2.75) is 59.7 Å². The number of rotatable bonds is 10. The van der Waals surface area contributed by atoms with Crippen LogP contribution in [0.1, 0.15) is 41.7 Å². The lowest BCUT2D eigenvalue weighted by Gasteiger charge is -2.32. The number of carbonyl (C=O) groups excluding carboxylic acids is 2. The monoisotopic (exact) mass is 540 g/mol. The van der Waals surface area contributed by atoms with Gasteiger partial charge in [0.1, 0.15) is 11.8 Å². The zero-order valence-corrected chi connectivity index (χ0v) is 23.5. The van der Waals surface area contributed by atoms with Gasteiger partial charge in [0, 0.05) is 29.1 Å². The van der Waals surface area contributed by atoms with E-state index in [0.717, 1.165) is 22.3 Å². The molecule has 0 unspecified atom stereocenters. The first-order chi connectivity index (χ1) is 17.5. The van der Waals surface area contributed by atoms with E-state index in [1.54, 1.807) is 23.1 Å². The number of benzene rings is 3. The highest BCUT2D eigenvalue weighted by Gasteiger charge is 2.31. The maximum atomic E-state index is 13.8. The molecule has 7 heteroatoms. The van der Waals surface area contributed by atoms with E-state index in [-0.39, 0.29) is 31.0 Å². The summed E-state index contributed by atoms with van der Waals surface area (Å²) in [5.41, 5.74) is 4.75. The first-order valence-electron chi connectivity index (χ1n) is 12.3. The van der Waals surface area contributed by atoms with Crippen LogP contribution in [-0.4, -0.2) is 35.4 Å². The highest BCUT2D eigenvalue weighted by Crippen LogP contribution is 2.26. The standard InChI is InChI=1S/C30H34Cl2N2O3/c1-19(2)33-30(36)27(15-23-9-7-6-8-10-23)34(17-24-11-12-25(31)16-26(24)32)29(35)18-37-28-14-20(3)13-21(4)22(28)5/h6-14,16,19,27H,15,17-18H2,1-5H3,(H,33,36)/t27-/m0/s1. The zero-order valence-electron chi connectivity index (χ0n) is 22.0. The molecule has 0 aliphatic rings. The first kappa shape index (κ1) is 28.5. The predicted molar refractivity (Wildman–Crippen MR) is 150 cm³/mol. The van der Waals surface area contributed by atoms with Crippen molar-refractivity contribution in [3.8, 4) is 5.75 Å². The smallest absolute Gasteiger partial charge is 0.261 e. The van der Waals surface area contributed by atoms with E-state index in [1.165, 1.54) is 0 Å². The fourth-order valence-electron chi connectivity index (χ4n) is 4.14. The van der Waals surface area contributed by atoms with Gasteiger partial charge in [0.05, 0.1) is 0 Å². The van der Waals surface area contributed by atoms with Crippen molar-refractivity contribution in [2.75, 3.05) is 6.61 Å². The average Bonchev–Trinajstić information content (AvgIpc) is 2.83. The Morgan fingerprint density at radius 3 is 2.32 bits per heavy atom. The van der Waals surface area contributed by atoms with Crippen LogP contribution in [0.15, 0.2) is 60.7 Å². The molecule has 3 rings (SSSR count). The molecule has 37 heavy (non-hydrogen) atoms. The van der Waals surface area contributed by atoms with Crippen LogP contribution in [0.25, 0.3) is 0 Å². The molecular formula is C30H34Cl2N2O3. The molecule has 196 valence electrons. The number of amides is 2. The van der Waals surface area contributed by atoms with Crippen molar-refractivity contribution >= 4 is 35.0 Å². The van der Waals surface area contributed by atoms with E-state index >= 15 is 0 Å². The van der Waals surface area contributed by atoms with Gasteiger partial charge in [-0.3, -0.25) is 9.59 Å². The molecule has 1 atom stereocenters. The summed E-state index contributed by atoms with van der Waals surface area (Å²) in [5.74, 6) is 0.103. The Kier molecular flexibility index (Phi) is 10.0. The summed E-state index contributed by atoms with van der Waals surface area (Å²) in [4.78, 5) is 28.8. The number of nitrogens with zero attached hydrogens (tertiary/aromatic N) is 1. The minimum Gasteiger partial charge on any atom is -0.483 e. The molecule has 0 spiro atoms. The number of hydrogen-bond donors (Lipinski definition) is 1. The van der Waals surface area contributed by atoms with Gasteiger partial charge in [-0.1, -0.05) is 65.7 Å². The number of hydrogen-bond acceptors (Lipinski definition) is 3. The summed E-state index contributed by atoms with van der Waals surface area (Å²) in [5, 5.41) is 3.91. The zero-order chi connectivity index (χ0) is 27.1. The van der Waals surface area contributed by atoms with Gasteiger partial charge in [-0.25, -0.2) is 0 Å². The lowest BCUT2D eigenvalue weighted by atomic mass is 10.0. The maximum Gasteiger partial charge on any atom is 0.261 e. The minimum atomic E-state index is -0.770. The number of aryl methyl sites for hydroxylation is 2. The van der Waals surface area contributed by atoms with Gasteiger partial charge in [-0.15, -0.1) is 0 Å². The van der Waals surface area contributed by atoms with Gasteiger partial charge >= 0.3 is 0 Å². The SMILES string of the molecule is Cc1cc(C)c(C)c(OCC(=O)N(Cc2ccc(Cl)cc2Cl)[C@@H](Cc2ccccc2)C(=O)NC(C)C)c1. The summed E-state index contributed by atoms with van der Waals surface area (Å²) in [6.45, 7) is 9.67. The molecule has 0 aliphatic carbocycles. The average molecular weight is 542 g/mol. The van der Waals surface area contributed by atoms with Gasteiger partial charge in [0.25, 0.3) is 5.91 Å². The van der Waals surface area contributed by atoms with E-state index in [0.29, 0.717) is 27.8 Å². The highest BCUT2D eigenvalue weighted by atomic mass is 35.5. The second kappa shape index (κ2) is 13.0. The van der Waals surface area contributed by atoms with Crippen molar-refractivity contribution in [1.82, 2.24) is 10.2 Å². The molecule has 0 fully saturated rings. The largest absolute Gasteiger partial charge is 0.483 e. The molecular weight excluding hydrogens is 507 g/mol. The van der Waals surface area contributed by atoms with E-state index in [1.807, 2.05) is 71.0 Å². The lowest BCUT2D eigenvalue weighted by Crippen LogP contribution is -2.52. The maximum absolute atomic E-state index is 13.8. The molecule has 0 heterocycles. The van der Waals surface area contributed by atoms with Gasteiger partial charge in [-0.2, -0.15) is 0 Å². The third kappa shape index (κ3) is 7.98. The highest BCUT2D eigenvalue weighted by molar-refractivity contribution is 6.35. The lowest BCUT2D eigenvalue weighted by molar-refractivity contribution is -0.143. The Morgan fingerprint density at radius 2 is 1.68 bits per heavy atom. The van der Waals surface area contributed by atoms with E-state index in [4.69, 9.17) is 27.9 Å². The molecule has 5 nitrogen and oxygen atoms in total. The van der Waals surface area contributed by atoms with Crippen molar-refractivity contribution in [3.05, 3.63) is 98.5 Å². The van der Waals surface area contributed by atoms with Crippen molar-refractivity contribution in [3.63, 3.8) is 0 Å². The Hall–Kier alpha value is -3.02. The van der Waals surface area contributed by atoms with E-state index < -0.39 is 6.04 Å². The van der Waals surface area contributed by atoms with Crippen LogP contribution in [0.2, 0.25) is 10.0 Å². The predicted octanol–water partition coefficient (Wildman–Crippen LogP) is 6.46. The Balaban J connectivity index is 1.97. The number of halogens is 2. The van der Waals surface area contributed by atoms with Gasteiger partial charge < -0.3 is 15.0 Å². The van der Waals surface area contributed by atoms with E-state index in [9.17, 15) is 9.59 Å². The second-order valence-electron chi connectivity index (χ2n) is 9.62. The molecule has 3 aromatic carbocycles. The topological polar surface area (TPSA) is 58.6 Å². The third-order valence-corrected chi connectivity index (χ3v) is 6.76. The Bertz CT molecular complexity index is 1250. The van der Waals surface area contributed by atoms with Gasteiger partial charge in [0.2, 0.25) is 5.91 Å². The number of ether oxygens (including phenoxy) is 1. The molecule has 0 aromatic heterocycles. The van der Waals surface area contributed by atoms with Gasteiger partial charge in [-0.05, 0) is 80.6 Å². The number of carbonyl (C=O) groups is 2. The molecule has 0 bridgehead atoms. The first-order valence-corrected chi connectivity index (χ1v) is 13.1. The quantitative estimate of drug-likeness (QED) is 0.321. The summed E-state index contributed by atoms with van der Waals surface area (Å²) >= 11 is 12.6. The van der Waals surface area contributed by atoms with Crippen LogP contribution in [0, 0.1) is 20.8 Å². The van der Waals surface area contributed by atoms with Crippen LogP contribution in [0.3, 0.4) is 0 Å². The van der Waals surface area contributed by atoms with Crippen molar-refractivity contribution in [2.24, 2.45) is 0 Å². The molecule has 0 radical (unpaired) electrons. The van der Waals surface area contributed by atoms with Crippen LogP contribution in [0.5, 0.6) is 5.75 Å². The summed E-state index contributed by atoms with van der Waals surface area (Å²) in [6.07, 6.45) is 0.346. The van der Waals surface area contributed by atoms with Crippen LogP contribution in [-0.2, 0) is 22.6 Å². The fraction of sp³-hybridized carbons (Fsp3) is 0.333. The second-order valence-corrected chi connectivity index (χ2v) is 10.5. The molecule has 0 saturated heterocycles. The minimum absolute atomic E-state index is 0.0870. The molecule has 0 aliphatic heterocycles. The summed E-state index contributed by atoms with van der Waals surface area (Å²) in [7, 11) is 0. The Morgan fingerprint density at radius 1 is 0.973 bits per heavy atom. The molecule has 2 amide bonds. The molecule has 0 saturated carbocycles. The van der Waals surface area contributed by atoms with E-state index in [2.05, 4.69) is 11.4 Å². The third-order valence-electron chi connectivity index (χ3n) is 6.17. The van der Waals surface area contributed by atoms with Crippen LogP contribution < -0.4 is 10.1 Å². The van der Waals surface area contributed by atoms with Crippen LogP contribution >= 0.6 is 23.2 Å². The fourth-order valence-corrected chi connectivity index (χ4v) is 4.61. The van der Waals surface area contributed by atoms with Crippen molar-refractivity contribution in [1.29, 1.82) is 0 Å². The molecule has 1 N–H and O–H groups in total. The molecule has 3 aromatic rings. The number of nitrogens with one attached hydrogen (secondary N) is 1. The van der Waals surface area contributed by atoms with Crippen LogP contribution in [0.4, 0.5) is 0 Å². The van der Waals surface area contributed by atoms with Gasteiger partial charge in [0.15, 0.2) is 6.61 Å². The van der Waals surface area contributed by atoms with Crippen molar-refractivity contribution < 1.29 is 14.3 Å².